The minimum atomic E-state index is -0.348. The lowest BCUT2D eigenvalue weighted by molar-refractivity contribution is -0.117. The second-order valence-electron chi connectivity index (χ2n) is 5.85. The number of likely N-dealkylation sites (tertiary alicyclic amines) is 1. The van der Waals surface area contributed by atoms with Crippen LogP contribution < -0.4 is 11.1 Å². The van der Waals surface area contributed by atoms with E-state index in [4.69, 9.17) is 5.73 Å². The Morgan fingerprint density at radius 2 is 2.15 bits per heavy atom. The quantitative estimate of drug-likeness (QED) is 0.884. The predicted octanol–water partition coefficient (Wildman–Crippen LogP) is 1.83. The van der Waals surface area contributed by atoms with Crippen molar-refractivity contribution in [3.8, 4) is 0 Å². The number of nitrogens with one attached hydrogen (secondary N) is 1. The van der Waals surface area contributed by atoms with Crippen LogP contribution >= 0.6 is 0 Å². The molecule has 1 amide bonds. The molecule has 0 saturated carbocycles. The number of benzene rings is 1. The van der Waals surface area contributed by atoms with Gasteiger partial charge in [0.1, 0.15) is 5.82 Å². The lowest BCUT2D eigenvalue weighted by atomic mass is 9.80. The SMILES string of the molecule is CC1(CN)CCN(CC(=O)Nc2cccc(F)c2)CC1. The van der Waals surface area contributed by atoms with Gasteiger partial charge >= 0.3 is 0 Å². The van der Waals surface area contributed by atoms with E-state index in [0.717, 1.165) is 25.9 Å². The molecule has 0 unspecified atom stereocenters. The number of rotatable bonds is 4. The van der Waals surface area contributed by atoms with Gasteiger partial charge in [-0.1, -0.05) is 13.0 Å². The highest BCUT2D eigenvalue weighted by Crippen LogP contribution is 2.29. The van der Waals surface area contributed by atoms with Gasteiger partial charge in [-0.05, 0) is 56.1 Å². The molecule has 1 saturated heterocycles. The van der Waals surface area contributed by atoms with E-state index in [1.807, 2.05) is 0 Å². The van der Waals surface area contributed by atoms with E-state index in [1.165, 1.54) is 12.1 Å². The van der Waals surface area contributed by atoms with Crippen molar-refractivity contribution in [2.75, 3.05) is 31.5 Å². The maximum atomic E-state index is 13.0. The topological polar surface area (TPSA) is 58.4 Å². The summed E-state index contributed by atoms with van der Waals surface area (Å²) in [4.78, 5) is 14.0. The Bertz CT molecular complexity index is 470. The molecule has 1 heterocycles. The maximum Gasteiger partial charge on any atom is 0.238 e. The van der Waals surface area contributed by atoms with Crippen molar-refractivity contribution in [3.63, 3.8) is 0 Å². The number of piperidine rings is 1. The molecular formula is C15H22FN3O. The van der Waals surface area contributed by atoms with Crippen LogP contribution in [0.2, 0.25) is 0 Å². The Balaban J connectivity index is 1.81. The largest absolute Gasteiger partial charge is 0.330 e. The number of amides is 1. The lowest BCUT2D eigenvalue weighted by Gasteiger charge is -2.38. The fraction of sp³-hybridized carbons (Fsp3) is 0.533. The number of halogens is 1. The third-order valence-electron chi connectivity index (χ3n) is 4.03. The molecule has 1 fully saturated rings. The Kier molecular flexibility index (Phi) is 4.73. The Morgan fingerprint density at radius 3 is 2.75 bits per heavy atom. The summed E-state index contributed by atoms with van der Waals surface area (Å²) in [6.45, 7) is 4.99. The first-order valence-electron chi connectivity index (χ1n) is 6.99. The monoisotopic (exact) mass is 279 g/mol. The van der Waals surface area contributed by atoms with Crippen molar-refractivity contribution in [2.45, 2.75) is 19.8 Å². The first kappa shape index (κ1) is 14.9. The van der Waals surface area contributed by atoms with E-state index in [9.17, 15) is 9.18 Å². The number of carbonyl (C=O) groups is 1. The van der Waals surface area contributed by atoms with Gasteiger partial charge in [0.05, 0.1) is 6.54 Å². The zero-order chi connectivity index (χ0) is 14.6. The van der Waals surface area contributed by atoms with E-state index in [2.05, 4.69) is 17.1 Å². The van der Waals surface area contributed by atoms with Crippen LogP contribution in [-0.2, 0) is 4.79 Å². The zero-order valence-corrected chi connectivity index (χ0v) is 11.9. The third-order valence-corrected chi connectivity index (χ3v) is 4.03. The second-order valence-corrected chi connectivity index (χ2v) is 5.85. The highest BCUT2D eigenvalue weighted by Gasteiger charge is 2.29. The van der Waals surface area contributed by atoms with Crippen LogP contribution in [0.3, 0.4) is 0 Å². The molecule has 0 atom stereocenters. The highest BCUT2D eigenvalue weighted by molar-refractivity contribution is 5.92. The van der Waals surface area contributed by atoms with Gasteiger partial charge in [0.2, 0.25) is 5.91 Å². The molecular weight excluding hydrogens is 257 g/mol. The van der Waals surface area contributed by atoms with E-state index >= 15 is 0 Å². The second kappa shape index (κ2) is 6.33. The summed E-state index contributed by atoms with van der Waals surface area (Å²) in [5.74, 6) is -0.452. The number of hydrogen-bond acceptors (Lipinski definition) is 3. The van der Waals surface area contributed by atoms with E-state index < -0.39 is 0 Å². The van der Waals surface area contributed by atoms with E-state index in [0.29, 0.717) is 18.8 Å². The summed E-state index contributed by atoms with van der Waals surface area (Å²) in [5, 5.41) is 2.72. The molecule has 3 N–H and O–H groups in total. The Labute approximate surface area is 119 Å². The smallest absolute Gasteiger partial charge is 0.238 e. The molecule has 0 aliphatic carbocycles. The molecule has 2 rings (SSSR count). The fourth-order valence-corrected chi connectivity index (χ4v) is 2.42. The van der Waals surface area contributed by atoms with Crippen LogP contribution in [0.5, 0.6) is 0 Å². The molecule has 1 aromatic carbocycles. The van der Waals surface area contributed by atoms with Gasteiger partial charge in [0, 0.05) is 5.69 Å². The van der Waals surface area contributed by atoms with Gasteiger partial charge in [0.25, 0.3) is 0 Å². The van der Waals surface area contributed by atoms with E-state index in [-0.39, 0.29) is 17.1 Å². The molecule has 1 aromatic rings. The third kappa shape index (κ3) is 4.02. The average Bonchev–Trinajstić information content (AvgIpc) is 2.42. The van der Waals surface area contributed by atoms with Gasteiger partial charge in [-0.25, -0.2) is 4.39 Å². The van der Waals surface area contributed by atoms with Crippen molar-refractivity contribution in [2.24, 2.45) is 11.1 Å². The van der Waals surface area contributed by atoms with Gasteiger partial charge in [0.15, 0.2) is 0 Å². The summed E-state index contributed by atoms with van der Waals surface area (Å²) in [7, 11) is 0. The van der Waals surface area contributed by atoms with Gasteiger partial charge in [-0.2, -0.15) is 0 Å². The molecule has 4 nitrogen and oxygen atoms in total. The number of hydrogen-bond donors (Lipinski definition) is 2. The van der Waals surface area contributed by atoms with Crippen LogP contribution in [0.25, 0.3) is 0 Å². The first-order chi connectivity index (χ1) is 9.50. The number of anilines is 1. The zero-order valence-electron chi connectivity index (χ0n) is 11.9. The van der Waals surface area contributed by atoms with Crippen molar-refractivity contribution >= 4 is 11.6 Å². The standard InChI is InChI=1S/C15H22FN3O/c1-15(11-17)5-7-19(8-6-15)10-14(20)18-13-4-2-3-12(16)9-13/h2-4,9H,5-8,10-11,17H2,1H3,(H,18,20). The summed E-state index contributed by atoms with van der Waals surface area (Å²) >= 11 is 0. The van der Waals surface area contributed by atoms with Gasteiger partial charge in [-0.15, -0.1) is 0 Å². The van der Waals surface area contributed by atoms with Gasteiger partial charge < -0.3 is 11.1 Å². The van der Waals surface area contributed by atoms with Crippen LogP contribution in [-0.4, -0.2) is 37.0 Å². The summed E-state index contributed by atoms with van der Waals surface area (Å²) in [5.41, 5.74) is 6.47. The van der Waals surface area contributed by atoms with Crippen molar-refractivity contribution in [1.29, 1.82) is 0 Å². The van der Waals surface area contributed by atoms with E-state index in [1.54, 1.807) is 12.1 Å². The summed E-state index contributed by atoms with van der Waals surface area (Å²) in [6, 6.07) is 5.94. The molecule has 5 heteroatoms. The Morgan fingerprint density at radius 1 is 1.45 bits per heavy atom. The van der Waals surface area contributed by atoms with Crippen LogP contribution in [0.1, 0.15) is 19.8 Å². The highest BCUT2D eigenvalue weighted by atomic mass is 19.1. The lowest BCUT2D eigenvalue weighted by Crippen LogP contribution is -2.44. The van der Waals surface area contributed by atoms with Crippen LogP contribution in [0, 0.1) is 11.2 Å². The molecule has 0 spiro atoms. The fourth-order valence-electron chi connectivity index (χ4n) is 2.42. The van der Waals surface area contributed by atoms with Crippen LogP contribution in [0.4, 0.5) is 10.1 Å². The number of nitrogens with two attached hydrogens (primary N) is 1. The molecule has 0 bridgehead atoms. The van der Waals surface area contributed by atoms with Crippen LogP contribution in [0.15, 0.2) is 24.3 Å². The number of carbonyl (C=O) groups excluding carboxylic acids is 1. The van der Waals surface area contributed by atoms with Crippen molar-refractivity contribution in [1.82, 2.24) is 4.90 Å². The molecule has 0 aromatic heterocycles. The maximum absolute atomic E-state index is 13.0. The molecule has 20 heavy (non-hydrogen) atoms. The van der Waals surface area contributed by atoms with Gasteiger partial charge in [-0.3, -0.25) is 9.69 Å². The minimum Gasteiger partial charge on any atom is -0.330 e. The van der Waals surface area contributed by atoms with Crippen molar-refractivity contribution < 1.29 is 9.18 Å². The molecule has 0 radical (unpaired) electrons. The minimum absolute atomic E-state index is 0.105. The summed E-state index contributed by atoms with van der Waals surface area (Å²) in [6.07, 6.45) is 2.02. The molecule has 1 aliphatic rings. The molecule has 110 valence electrons. The van der Waals surface area contributed by atoms with Crippen molar-refractivity contribution in [3.05, 3.63) is 30.1 Å². The Hall–Kier alpha value is -1.46. The predicted molar refractivity (Wildman–Crippen MR) is 77.9 cm³/mol. The number of nitrogens with zero attached hydrogens (tertiary/aromatic N) is 1. The first-order valence-corrected chi connectivity index (χ1v) is 6.99. The summed E-state index contributed by atoms with van der Waals surface area (Å²) < 4.78 is 13.0. The average molecular weight is 279 g/mol. The normalized spacial score (nSPS) is 18.8. The molecule has 1 aliphatic heterocycles.